The van der Waals surface area contributed by atoms with Crippen LogP contribution in [0.5, 0.6) is 0 Å². The van der Waals surface area contributed by atoms with Gasteiger partial charge in [0.15, 0.2) is 0 Å². The van der Waals surface area contributed by atoms with Gasteiger partial charge in [-0.25, -0.2) is 0 Å². The highest BCUT2D eigenvalue weighted by atomic mass is 16.1. The molecule has 0 heterocycles. The van der Waals surface area contributed by atoms with Gasteiger partial charge in [-0.15, -0.1) is 0 Å². The predicted molar refractivity (Wildman–Crippen MR) is 66.7 cm³/mol. The van der Waals surface area contributed by atoms with E-state index in [-0.39, 0.29) is 5.91 Å². The summed E-state index contributed by atoms with van der Waals surface area (Å²) >= 11 is 0. The van der Waals surface area contributed by atoms with Crippen LogP contribution >= 0.6 is 0 Å². The molecule has 0 bridgehead atoms. The predicted octanol–water partition coefficient (Wildman–Crippen LogP) is 1.72. The maximum atomic E-state index is 11.8. The molecule has 0 saturated carbocycles. The Bertz CT molecular complexity index is 348. The number of amides is 1. The quantitative estimate of drug-likeness (QED) is 0.742. The fourth-order valence-corrected chi connectivity index (χ4v) is 1.46. The molecule has 0 fully saturated rings. The van der Waals surface area contributed by atoms with E-state index in [4.69, 9.17) is 0 Å². The van der Waals surface area contributed by atoms with Crippen LogP contribution in [0.15, 0.2) is 24.3 Å². The summed E-state index contributed by atoms with van der Waals surface area (Å²) in [5, 5.41) is 6.15. The lowest BCUT2D eigenvalue weighted by molar-refractivity contribution is 0.0953. The van der Waals surface area contributed by atoms with Gasteiger partial charge in [0.2, 0.25) is 0 Å². The molecule has 1 amide bonds. The molecule has 0 saturated heterocycles. The Labute approximate surface area is 97.2 Å². The molecule has 3 heteroatoms. The number of hydrogen-bond donors (Lipinski definition) is 2. The Balaban J connectivity index is 2.39. The number of carbonyl (C=O) groups excluding carboxylic acids is 1. The SMILES string of the molecule is Cc1ccccc1C(=O)NCCNC(C)C. The highest BCUT2D eigenvalue weighted by Gasteiger charge is 2.06. The third kappa shape index (κ3) is 4.03. The second-order valence-corrected chi connectivity index (χ2v) is 4.18. The van der Waals surface area contributed by atoms with Crippen molar-refractivity contribution in [2.24, 2.45) is 0 Å². The smallest absolute Gasteiger partial charge is 0.251 e. The monoisotopic (exact) mass is 220 g/mol. The molecule has 1 aromatic carbocycles. The summed E-state index contributed by atoms with van der Waals surface area (Å²) in [4.78, 5) is 11.8. The molecule has 0 aliphatic heterocycles. The highest BCUT2D eigenvalue weighted by Crippen LogP contribution is 2.05. The summed E-state index contributed by atoms with van der Waals surface area (Å²) in [6, 6.07) is 8.07. The van der Waals surface area contributed by atoms with E-state index in [9.17, 15) is 4.79 Å². The number of nitrogens with one attached hydrogen (secondary N) is 2. The van der Waals surface area contributed by atoms with E-state index in [0.717, 1.165) is 17.7 Å². The molecule has 1 aromatic rings. The molecule has 0 aliphatic rings. The fourth-order valence-electron chi connectivity index (χ4n) is 1.46. The van der Waals surface area contributed by atoms with Gasteiger partial charge < -0.3 is 10.6 Å². The first-order chi connectivity index (χ1) is 7.61. The highest BCUT2D eigenvalue weighted by molar-refractivity contribution is 5.95. The van der Waals surface area contributed by atoms with Crippen LogP contribution in [0, 0.1) is 6.92 Å². The molecule has 0 spiro atoms. The summed E-state index contributed by atoms with van der Waals surface area (Å²) in [6.07, 6.45) is 0. The molecular formula is C13H20N2O. The van der Waals surface area contributed by atoms with Crippen molar-refractivity contribution in [1.29, 1.82) is 0 Å². The normalized spacial score (nSPS) is 10.5. The van der Waals surface area contributed by atoms with Crippen molar-refractivity contribution in [3.63, 3.8) is 0 Å². The van der Waals surface area contributed by atoms with Crippen LogP contribution < -0.4 is 10.6 Å². The van der Waals surface area contributed by atoms with Gasteiger partial charge in [0.25, 0.3) is 5.91 Å². The zero-order valence-electron chi connectivity index (χ0n) is 10.2. The molecule has 3 nitrogen and oxygen atoms in total. The molecule has 0 aromatic heterocycles. The molecule has 0 aliphatic carbocycles. The topological polar surface area (TPSA) is 41.1 Å². The maximum absolute atomic E-state index is 11.8. The lowest BCUT2D eigenvalue weighted by Gasteiger charge is -2.10. The average Bonchev–Trinajstić information content (AvgIpc) is 2.24. The van der Waals surface area contributed by atoms with E-state index < -0.39 is 0 Å². The van der Waals surface area contributed by atoms with Gasteiger partial charge in [-0.2, -0.15) is 0 Å². The standard InChI is InChI=1S/C13H20N2O/c1-10(2)14-8-9-15-13(16)12-7-5-4-6-11(12)3/h4-7,10,14H,8-9H2,1-3H3,(H,15,16). The number of benzene rings is 1. The Morgan fingerprint density at radius 3 is 2.56 bits per heavy atom. The van der Waals surface area contributed by atoms with Gasteiger partial charge in [-0.05, 0) is 18.6 Å². The Morgan fingerprint density at radius 1 is 1.25 bits per heavy atom. The molecule has 1 rings (SSSR count). The van der Waals surface area contributed by atoms with Gasteiger partial charge in [-0.3, -0.25) is 4.79 Å². The third-order valence-electron chi connectivity index (χ3n) is 2.35. The van der Waals surface area contributed by atoms with E-state index >= 15 is 0 Å². The number of rotatable bonds is 5. The Hall–Kier alpha value is -1.35. The first kappa shape index (κ1) is 12.7. The van der Waals surface area contributed by atoms with Gasteiger partial charge in [0.05, 0.1) is 0 Å². The summed E-state index contributed by atoms with van der Waals surface area (Å²) in [5.74, 6) is 0.00339. The van der Waals surface area contributed by atoms with Crippen LogP contribution in [0.1, 0.15) is 29.8 Å². The zero-order valence-corrected chi connectivity index (χ0v) is 10.2. The van der Waals surface area contributed by atoms with Crippen molar-refractivity contribution in [3.8, 4) is 0 Å². The van der Waals surface area contributed by atoms with E-state index in [0.29, 0.717) is 12.6 Å². The lowest BCUT2D eigenvalue weighted by Crippen LogP contribution is -2.34. The van der Waals surface area contributed by atoms with E-state index in [1.165, 1.54) is 0 Å². The van der Waals surface area contributed by atoms with E-state index in [1.54, 1.807) is 0 Å². The van der Waals surface area contributed by atoms with Crippen molar-refractivity contribution in [2.75, 3.05) is 13.1 Å². The van der Waals surface area contributed by atoms with Gasteiger partial charge in [0.1, 0.15) is 0 Å². The summed E-state index contributed by atoms with van der Waals surface area (Å²) < 4.78 is 0. The molecule has 88 valence electrons. The summed E-state index contributed by atoms with van der Waals surface area (Å²) in [5.41, 5.74) is 1.77. The maximum Gasteiger partial charge on any atom is 0.251 e. The summed E-state index contributed by atoms with van der Waals surface area (Å²) in [6.45, 7) is 7.58. The van der Waals surface area contributed by atoms with Crippen LogP contribution in [0.2, 0.25) is 0 Å². The fraction of sp³-hybridized carbons (Fsp3) is 0.462. The van der Waals surface area contributed by atoms with Crippen LogP contribution in [-0.4, -0.2) is 25.0 Å². The minimum absolute atomic E-state index is 0.00339. The second-order valence-electron chi connectivity index (χ2n) is 4.18. The van der Waals surface area contributed by atoms with Crippen LogP contribution in [0.3, 0.4) is 0 Å². The van der Waals surface area contributed by atoms with Gasteiger partial charge in [-0.1, -0.05) is 32.0 Å². The largest absolute Gasteiger partial charge is 0.351 e. The van der Waals surface area contributed by atoms with Crippen molar-refractivity contribution < 1.29 is 4.79 Å². The first-order valence-electron chi connectivity index (χ1n) is 5.68. The van der Waals surface area contributed by atoms with Crippen molar-refractivity contribution >= 4 is 5.91 Å². The molecular weight excluding hydrogens is 200 g/mol. The Morgan fingerprint density at radius 2 is 1.94 bits per heavy atom. The van der Waals surface area contributed by atoms with Gasteiger partial charge in [0, 0.05) is 24.7 Å². The Kier molecular flexibility index (Phi) is 4.99. The molecule has 16 heavy (non-hydrogen) atoms. The van der Waals surface area contributed by atoms with Crippen LogP contribution in [-0.2, 0) is 0 Å². The molecule has 2 N–H and O–H groups in total. The third-order valence-corrected chi connectivity index (χ3v) is 2.35. The van der Waals surface area contributed by atoms with Gasteiger partial charge >= 0.3 is 0 Å². The summed E-state index contributed by atoms with van der Waals surface area (Å²) in [7, 11) is 0. The van der Waals surface area contributed by atoms with Crippen molar-refractivity contribution in [2.45, 2.75) is 26.8 Å². The zero-order chi connectivity index (χ0) is 12.0. The number of aryl methyl sites for hydroxylation is 1. The average molecular weight is 220 g/mol. The second kappa shape index (κ2) is 6.28. The molecule has 0 unspecified atom stereocenters. The first-order valence-corrected chi connectivity index (χ1v) is 5.68. The number of carbonyl (C=O) groups is 1. The molecule has 0 radical (unpaired) electrons. The van der Waals surface area contributed by atoms with Crippen LogP contribution in [0.25, 0.3) is 0 Å². The van der Waals surface area contributed by atoms with Crippen molar-refractivity contribution in [1.82, 2.24) is 10.6 Å². The van der Waals surface area contributed by atoms with E-state index in [2.05, 4.69) is 24.5 Å². The number of hydrogen-bond acceptors (Lipinski definition) is 2. The minimum Gasteiger partial charge on any atom is -0.351 e. The lowest BCUT2D eigenvalue weighted by atomic mass is 10.1. The van der Waals surface area contributed by atoms with E-state index in [1.807, 2.05) is 31.2 Å². The van der Waals surface area contributed by atoms with Crippen molar-refractivity contribution in [3.05, 3.63) is 35.4 Å². The van der Waals surface area contributed by atoms with Crippen LogP contribution in [0.4, 0.5) is 0 Å². The molecule has 0 atom stereocenters. The minimum atomic E-state index is 0.00339.